The van der Waals surface area contributed by atoms with Crippen LogP contribution in [0.2, 0.25) is 0 Å². The minimum absolute atomic E-state index is 0.109. The molecule has 158 valence electrons. The average Bonchev–Trinajstić information content (AvgIpc) is 3.19. The Kier molecular flexibility index (Phi) is 6.48. The van der Waals surface area contributed by atoms with E-state index in [2.05, 4.69) is 15.3 Å². The Bertz CT molecular complexity index is 1250. The summed E-state index contributed by atoms with van der Waals surface area (Å²) in [6.45, 7) is 2.33. The van der Waals surface area contributed by atoms with Crippen LogP contribution in [0.3, 0.4) is 0 Å². The molecule has 2 heterocycles. The van der Waals surface area contributed by atoms with Gasteiger partial charge in [-0.1, -0.05) is 54.2 Å². The van der Waals surface area contributed by atoms with E-state index in [-0.39, 0.29) is 17.3 Å². The number of hydrogen-bond donors (Lipinski definition) is 2. The van der Waals surface area contributed by atoms with Gasteiger partial charge in [-0.3, -0.25) is 9.59 Å². The summed E-state index contributed by atoms with van der Waals surface area (Å²) in [5, 5.41) is 5.23. The predicted octanol–water partition coefficient (Wildman–Crippen LogP) is 4.63. The Morgan fingerprint density at radius 2 is 1.94 bits per heavy atom. The van der Waals surface area contributed by atoms with Crippen molar-refractivity contribution in [2.75, 3.05) is 6.54 Å². The largest absolute Gasteiger partial charge is 0.355 e. The second-order valence-electron chi connectivity index (χ2n) is 6.99. The number of thiophene rings is 1. The zero-order chi connectivity index (χ0) is 21.8. The van der Waals surface area contributed by atoms with Gasteiger partial charge >= 0.3 is 0 Å². The number of halogens is 1. The van der Waals surface area contributed by atoms with E-state index in [1.54, 1.807) is 19.1 Å². The Morgan fingerprint density at radius 1 is 1.19 bits per heavy atom. The molecule has 0 fully saturated rings. The lowest BCUT2D eigenvalue weighted by Crippen LogP contribution is -2.32. The van der Waals surface area contributed by atoms with E-state index in [0.29, 0.717) is 21.9 Å². The van der Waals surface area contributed by atoms with Crippen LogP contribution in [-0.2, 0) is 11.2 Å². The first kappa shape index (κ1) is 21.3. The first-order valence-electron chi connectivity index (χ1n) is 9.77. The van der Waals surface area contributed by atoms with Gasteiger partial charge in [0.1, 0.15) is 10.6 Å². The molecule has 4 aromatic rings. The van der Waals surface area contributed by atoms with E-state index >= 15 is 0 Å². The highest BCUT2D eigenvalue weighted by Crippen LogP contribution is 2.32. The number of aromatic amines is 1. The molecule has 2 aromatic carbocycles. The monoisotopic (exact) mass is 453 g/mol. The Hall–Kier alpha value is -2.97. The van der Waals surface area contributed by atoms with Crippen LogP contribution in [0, 0.1) is 5.82 Å². The lowest BCUT2D eigenvalue weighted by Gasteiger charge is -2.11. The van der Waals surface area contributed by atoms with Gasteiger partial charge in [0, 0.05) is 17.5 Å². The Morgan fingerprint density at radius 3 is 2.68 bits per heavy atom. The standard InChI is InChI=1S/C23H20FN3O2S2/c1-14(20(28)25-12-11-15-5-3-2-4-6-15)31-23-26-21(29)19-18(13-30-22(19)27-23)16-7-9-17(24)10-8-16/h2-10,13-14H,11-12H2,1H3,(H,25,28)(H,26,27,29). The third-order valence-electron chi connectivity index (χ3n) is 4.79. The van der Waals surface area contributed by atoms with Gasteiger partial charge in [0.05, 0.1) is 10.6 Å². The van der Waals surface area contributed by atoms with Gasteiger partial charge in [-0.15, -0.1) is 11.3 Å². The summed E-state index contributed by atoms with van der Waals surface area (Å²) in [4.78, 5) is 33.0. The summed E-state index contributed by atoms with van der Waals surface area (Å²) in [5.74, 6) is -0.438. The second-order valence-corrected chi connectivity index (χ2v) is 9.18. The summed E-state index contributed by atoms with van der Waals surface area (Å²) in [6.07, 6.45) is 0.756. The van der Waals surface area contributed by atoms with Gasteiger partial charge < -0.3 is 10.3 Å². The quantitative estimate of drug-likeness (QED) is 0.316. The highest BCUT2D eigenvalue weighted by Gasteiger charge is 2.18. The van der Waals surface area contributed by atoms with E-state index in [1.165, 1.54) is 35.2 Å². The van der Waals surface area contributed by atoms with Gasteiger partial charge in [0.25, 0.3) is 5.56 Å². The highest BCUT2D eigenvalue weighted by molar-refractivity contribution is 8.00. The van der Waals surface area contributed by atoms with Crippen molar-refractivity contribution in [1.82, 2.24) is 15.3 Å². The molecule has 0 bridgehead atoms. The number of benzene rings is 2. The summed E-state index contributed by atoms with van der Waals surface area (Å²) in [7, 11) is 0. The molecule has 0 aliphatic rings. The molecule has 0 saturated carbocycles. The molecule has 5 nitrogen and oxygen atoms in total. The van der Waals surface area contributed by atoms with E-state index in [9.17, 15) is 14.0 Å². The lowest BCUT2D eigenvalue weighted by atomic mass is 10.1. The topological polar surface area (TPSA) is 74.8 Å². The van der Waals surface area contributed by atoms with Crippen molar-refractivity contribution < 1.29 is 9.18 Å². The molecule has 31 heavy (non-hydrogen) atoms. The minimum Gasteiger partial charge on any atom is -0.355 e. The smallest absolute Gasteiger partial charge is 0.260 e. The summed E-state index contributed by atoms with van der Waals surface area (Å²) in [6, 6.07) is 16.0. The zero-order valence-electron chi connectivity index (χ0n) is 16.7. The number of H-pyrrole nitrogens is 1. The minimum atomic E-state index is -0.409. The van der Waals surface area contributed by atoms with Crippen molar-refractivity contribution in [2.45, 2.75) is 23.8 Å². The number of nitrogens with zero attached hydrogens (tertiary/aromatic N) is 1. The van der Waals surface area contributed by atoms with Gasteiger partial charge in [-0.2, -0.15) is 0 Å². The maximum absolute atomic E-state index is 13.2. The first-order valence-corrected chi connectivity index (χ1v) is 11.5. The predicted molar refractivity (Wildman–Crippen MR) is 124 cm³/mol. The number of rotatable bonds is 7. The van der Waals surface area contributed by atoms with E-state index in [4.69, 9.17) is 0 Å². The van der Waals surface area contributed by atoms with Crippen molar-refractivity contribution in [3.8, 4) is 11.1 Å². The number of hydrogen-bond acceptors (Lipinski definition) is 5. The molecule has 2 aromatic heterocycles. The molecule has 0 aliphatic heterocycles. The SMILES string of the molecule is CC(Sc1nc2scc(-c3ccc(F)cc3)c2c(=O)[nH]1)C(=O)NCCc1ccccc1. The molecule has 0 aliphatic carbocycles. The normalized spacial score (nSPS) is 12.1. The van der Waals surface area contributed by atoms with Gasteiger partial charge in [-0.05, 0) is 36.6 Å². The molecule has 1 atom stereocenters. The molecule has 0 radical (unpaired) electrons. The van der Waals surface area contributed by atoms with Crippen LogP contribution in [0.25, 0.3) is 21.3 Å². The van der Waals surface area contributed by atoms with Crippen LogP contribution in [0.4, 0.5) is 4.39 Å². The Labute approximate surface area is 186 Å². The summed E-state index contributed by atoms with van der Waals surface area (Å²) >= 11 is 2.56. The van der Waals surface area contributed by atoms with Crippen LogP contribution in [-0.4, -0.2) is 27.7 Å². The third kappa shape index (κ3) is 5.03. The van der Waals surface area contributed by atoms with Gasteiger partial charge in [0.2, 0.25) is 5.91 Å². The van der Waals surface area contributed by atoms with Crippen LogP contribution >= 0.6 is 23.1 Å². The molecule has 2 N–H and O–H groups in total. The molecule has 0 spiro atoms. The maximum atomic E-state index is 13.2. The molecule has 1 unspecified atom stereocenters. The Balaban J connectivity index is 1.44. The molecular formula is C23H20FN3O2S2. The number of fused-ring (bicyclic) bond motifs is 1. The summed E-state index contributed by atoms with van der Waals surface area (Å²) < 4.78 is 13.2. The van der Waals surface area contributed by atoms with Crippen molar-refractivity contribution in [1.29, 1.82) is 0 Å². The van der Waals surface area contributed by atoms with Crippen molar-refractivity contribution in [3.05, 3.63) is 81.7 Å². The van der Waals surface area contributed by atoms with Crippen LogP contribution in [0.15, 0.2) is 69.9 Å². The number of thioether (sulfide) groups is 1. The van der Waals surface area contributed by atoms with Gasteiger partial charge in [-0.25, -0.2) is 9.37 Å². The maximum Gasteiger partial charge on any atom is 0.260 e. The number of carbonyl (C=O) groups is 1. The van der Waals surface area contributed by atoms with Crippen LogP contribution < -0.4 is 10.9 Å². The number of carbonyl (C=O) groups excluding carboxylic acids is 1. The third-order valence-corrected chi connectivity index (χ3v) is 6.65. The fourth-order valence-electron chi connectivity index (χ4n) is 3.17. The lowest BCUT2D eigenvalue weighted by molar-refractivity contribution is -0.120. The molecule has 4 rings (SSSR count). The second kappa shape index (κ2) is 9.45. The van der Waals surface area contributed by atoms with Crippen molar-refractivity contribution in [2.24, 2.45) is 0 Å². The fourth-order valence-corrected chi connectivity index (χ4v) is 4.99. The molecular weight excluding hydrogens is 433 g/mol. The molecule has 8 heteroatoms. The van der Waals surface area contributed by atoms with Crippen molar-refractivity contribution in [3.63, 3.8) is 0 Å². The zero-order valence-corrected chi connectivity index (χ0v) is 18.4. The number of amides is 1. The average molecular weight is 454 g/mol. The highest BCUT2D eigenvalue weighted by atomic mass is 32.2. The van der Waals surface area contributed by atoms with Crippen molar-refractivity contribution >= 4 is 39.2 Å². The number of nitrogens with one attached hydrogen (secondary N) is 2. The van der Waals surface area contributed by atoms with E-state index in [0.717, 1.165) is 23.1 Å². The van der Waals surface area contributed by atoms with Gasteiger partial charge in [0.15, 0.2) is 5.16 Å². The first-order chi connectivity index (χ1) is 15.0. The van der Waals surface area contributed by atoms with Crippen LogP contribution in [0.5, 0.6) is 0 Å². The van der Waals surface area contributed by atoms with Crippen LogP contribution in [0.1, 0.15) is 12.5 Å². The molecule has 1 amide bonds. The van der Waals surface area contributed by atoms with E-state index < -0.39 is 5.25 Å². The molecule has 0 saturated heterocycles. The number of aromatic nitrogens is 2. The summed E-state index contributed by atoms with van der Waals surface area (Å²) in [5.41, 5.74) is 2.36. The fraction of sp³-hybridized carbons (Fsp3) is 0.174. The van der Waals surface area contributed by atoms with E-state index in [1.807, 2.05) is 35.7 Å².